The first-order valence-electron chi connectivity index (χ1n) is 9.33. The maximum absolute atomic E-state index is 12.2. The van der Waals surface area contributed by atoms with E-state index < -0.39 is 6.10 Å². The van der Waals surface area contributed by atoms with Crippen molar-refractivity contribution in [1.29, 1.82) is 0 Å². The van der Waals surface area contributed by atoms with E-state index in [0.717, 1.165) is 23.0 Å². The summed E-state index contributed by atoms with van der Waals surface area (Å²) in [5.41, 5.74) is 2.88. The third-order valence-corrected chi connectivity index (χ3v) is 5.37. The van der Waals surface area contributed by atoms with Crippen molar-refractivity contribution in [1.82, 2.24) is 19.9 Å². The number of pyridine rings is 1. The zero-order chi connectivity index (χ0) is 19.0. The number of H-pyrrole nitrogens is 1. The van der Waals surface area contributed by atoms with Crippen molar-refractivity contribution in [2.24, 2.45) is 0 Å². The summed E-state index contributed by atoms with van der Waals surface area (Å²) in [4.78, 5) is 19.3. The molecule has 4 rings (SSSR count). The second-order valence-corrected chi connectivity index (χ2v) is 7.24. The van der Waals surface area contributed by atoms with E-state index in [2.05, 4.69) is 22.2 Å². The monoisotopic (exact) mass is 368 g/mol. The third-order valence-electron chi connectivity index (χ3n) is 5.37. The van der Waals surface area contributed by atoms with Crippen LogP contribution in [-0.2, 0) is 13.0 Å². The van der Waals surface area contributed by atoms with E-state index in [-0.39, 0.29) is 23.5 Å². The fourth-order valence-electron chi connectivity index (χ4n) is 3.94. The topological polar surface area (TPSA) is 103 Å². The van der Waals surface area contributed by atoms with E-state index in [1.807, 2.05) is 18.2 Å². The molecule has 0 saturated carbocycles. The van der Waals surface area contributed by atoms with Crippen LogP contribution in [0.4, 0.5) is 0 Å². The number of aliphatic hydroxyl groups is 1. The molecule has 27 heavy (non-hydrogen) atoms. The number of hydrogen-bond acceptors (Lipinski definition) is 5. The number of nitrogens with zero attached hydrogens (tertiary/aromatic N) is 2. The smallest absolute Gasteiger partial charge is 0.326 e. The van der Waals surface area contributed by atoms with E-state index in [4.69, 9.17) is 0 Å². The summed E-state index contributed by atoms with van der Waals surface area (Å²) in [6.07, 6.45) is 3.07. The zero-order valence-electron chi connectivity index (χ0n) is 15.2. The van der Waals surface area contributed by atoms with Gasteiger partial charge in [-0.05, 0) is 44.4 Å². The van der Waals surface area contributed by atoms with Crippen molar-refractivity contribution in [3.63, 3.8) is 0 Å². The summed E-state index contributed by atoms with van der Waals surface area (Å²) in [6, 6.07) is 8.93. The van der Waals surface area contributed by atoms with Crippen LogP contribution >= 0.6 is 0 Å². The number of aromatic hydroxyl groups is 1. The molecular weight excluding hydrogens is 344 g/mol. The van der Waals surface area contributed by atoms with Crippen LogP contribution in [0.2, 0.25) is 0 Å². The molecule has 0 aliphatic carbocycles. The molecule has 1 aromatic carbocycles. The largest absolute Gasteiger partial charge is 0.506 e. The molecule has 7 nitrogen and oxygen atoms in total. The van der Waals surface area contributed by atoms with Gasteiger partial charge < -0.3 is 20.5 Å². The highest BCUT2D eigenvalue weighted by atomic mass is 16.3. The average molecular weight is 368 g/mol. The van der Waals surface area contributed by atoms with Crippen molar-refractivity contribution in [3.8, 4) is 5.75 Å². The molecule has 3 unspecified atom stereocenters. The molecular formula is C20H24N4O3. The van der Waals surface area contributed by atoms with E-state index in [9.17, 15) is 15.0 Å². The van der Waals surface area contributed by atoms with Gasteiger partial charge in [-0.25, -0.2) is 4.79 Å². The summed E-state index contributed by atoms with van der Waals surface area (Å²) in [7, 11) is 0. The predicted molar refractivity (Wildman–Crippen MR) is 103 cm³/mol. The van der Waals surface area contributed by atoms with E-state index >= 15 is 0 Å². The summed E-state index contributed by atoms with van der Waals surface area (Å²) >= 11 is 0. The number of para-hydroxylation sites is 1. The Kier molecular flexibility index (Phi) is 4.72. The molecule has 4 N–H and O–H groups in total. The van der Waals surface area contributed by atoms with Gasteiger partial charge in [-0.15, -0.1) is 0 Å². The van der Waals surface area contributed by atoms with Gasteiger partial charge in [0.1, 0.15) is 5.75 Å². The second kappa shape index (κ2) is 7.17. The van der Waals surface area contributed by atoms with Gasteiger partial charge in [0.25, 0.3) is 0 Å². The van der Waals surface area contributed by atoms with Gasteiger partial charge in [-0.2, -0.15) is 0 Å². The van der Waals surface area contributed by atoms with Gasteiger partial charge in [-0.1, -0.05) is 12.1 Å². The normalized spacial score (nSPS) is 20.5. The number of hydrogen-bond donors (Lipinski definition) is 4. The van der Waals surface area contributed by atoms with Crippen molar-refractivity contribution in [3.05, 3.63) is 58.3 Å². The number of nitrogens with one attached hydrogen (secondary N) is 2. The minimum Gasteiger partial charge on any atom is -0.506 e. The fourth-order valence-corrected chi connectivity index (χ4v) is 3.94. The van der Waals surface area contributed by atoms with Crippen LogP contribution in [-0.4, -0.2) is 36.8 Å². The molecule has 142 valence electrons. The minimum atomic E-state index is -0.691. The maximum Gasteiger partial charge on any atom is 0.326 e. The standard InChI is InChI=1S/C20H24N4O3/c1-12(7-8-14-17(25)6-3-10-21-14)22-16-9-11-24-18-13(19(16)26)4-2-5-15(18)23-20(24)27/h2-6,10,12,16,19,22,25-26H,7-9,11H2,1H3,(H,23,27). The lowest BCUT2D eigenvalue weighted by Crippen LogP contribution is -2.41. The summed E-state index contributed by atoms with van der Waals surface area (Å²) in [5, 5.41) is 24.3. The Morgan fingerprint density at radius 1 is 1.37 bits per heavy atom. The number of aromatic amines is 1. The van der Waals surface area contributed by atoms with Gasteiger partial charge in [0, 0.05) is 30.4 Å². The van der Waals surface area contributed by atoms with Gasteiger partial charge in [0.2, 0.25) is 0 Å². The molecule has 3 heterocycles. The number of rotatable bonds is 5. The van der Waals surface area contributed by atoms with Crippen LogP contribution in [0.5, 0.6) is 5.75 Å². The molecule has 0 saturated heterocycles. The fraction of sp³-hybridized carbons (Fsp3) is 0.400. The number of imidazole rings is 1. The Morgan fingerprint density at radius 2 is 2.22 bits per heavy atom. The summed E-state index contributed by atoms with van der Waals surface area (Å²) < 4.78 is 1.71. The lowest BCUT2D eigenvalue weighted by atomic mass is 9.98. The minimum absolute atomic E-state index is 0.126. The van der Waals surface area contributed by atoms with E-state index in [1.54, 1.807) is 22.9 Å². The molecule has 1 aliphatic heterocycles. The van der Waals surface area contributed by atoms with Crippen LogP contribution in [0.15, 0.2) is 41.3 Å². The SMILES string of the molecule is CC(CCc1ncccc1O)NC1CCn2c(=O)[nH]c3cccc(c32)C1O. The molecule has 0 bridgehead atoms. The van der Waals surface area contributed by atoms with Gasteiger partial charge in [0.15, 0.2) is 0 Å². The number of aromatic nitrogens is 3. The lowest BCUT2D eigenvalue weighted by molar-refractivity contribution is 0.119. The van der Waals surface area contributed by atoms with E-state index in [1.165, 1.54) is 0 Å². The molecule has 2 aromatic heterocycles. The molecule has 1 aliphatic rings. The van der Waals surface area contributed by atoms with Gasteiger partial charge in [-0.3, -0.25) is 9.55 Å². The Labute approximate surface area is 156 Å². The van der Waals surface area contributed by atoms with Crippen LogP contribution in [0.1, 0.15) is 37.1 Å². The quantitative estimate of drug-likeness (QED) is 0.550. The lowest BCUT2D eigenvalue weighted by Gasteiger charge is -2.26. The molecule has 0 fully saturated rings. The molecule has 0 amide bonds. The Bertz CT molecular complexity index is 1010. The van der Waals surface area contributed by atoms with Gasteiger partial charge in [0.05, 0.1) is 22.8 Å². The van der Waals surface area contributed by atoms with Crippen molar-refractivity contribution in [2.75, 3.05) is 0 Å². The van der Waals surface area contributed by atoms with Gasteiger partial charge >= 0.3 is 5.69 Å². The number of aliphatic hydroxyl groups excluding tert-OH is 1. The predicted octanol–water partition coefficient (Wildman–Crippen LogP) is 1.85. The second-order valence-electron chi connectivity index (χ2n) is 7.24. The van der Waals surface area contributed by atoms with E-state index in [0.29, 0.717) is 25.1 Å². The molecule has 3 atom stereocenters. The first kappa shape index (κ1) is 17.8. The highest BCUT2D eigenvalue weighted by molar-refractivity contribution is 5.79. The van der Waals surface area contributed by atoms with Crippen LogP contribution in [0.3, 0.4) is 0 Å². The highest BCUT2D eigenvalue weighted by Gasteiger charge is 2.29. The summed E-state index contributed by atoms with van der Waals surface area (Å²) in [6.45, 7) is 2.61. The Hall–Kier alpha value is -2.64. The zero-order valence-corrected chi connectivity index (χ0v) is 15.2. The highest BCUT2D eigenvalue weighted by Crippen LogP contribution is 2.30. The molecule has 0 spiro atoms. The maximum atomic E-state index is 12.2. The van der Waals surface area contributed by atoms with Crippen LogP contribution < -0.4 is 11.0 Å². The summed E-state index contributed by atoms with van der Waals surface area (Å²) in [5.74, 6) is 0.212. The van der Waals surface area contributed by atoms with Crippen molar-refractivity contribution in [2.45, 2.75) is 50.9 Å². The molecule has 0 radical (unpaired) electrons. The average Bonchev–Trinajstić information content (AvgIpc) is 2.91. The molecule has 3 aromatic rings. The van der Waals surface area contributed by atoms with Crippen molar-refractivity contribution >= 4 is 11.0 Å². The van der Waals surface area contributed by atoms with Crippen LogP contribution in [0, 0.1) is 0 Å². The molecule has 7 heteroatoms. The first-order valence-corrected chi connectivity index (χ1v) is 9.33. The van der Waals surface area contributed by atoms with Crippen molar-refractivity contribution < 1.29 is 10.2 Å². The Morgan fingerprint density at radius 3 is 3.04 bits per heavy atom. The number of benzene rings is 1. The Balaban J connectivity index is 1.48. The third kappa shape index (κ3) is 3.36. The van der Waals surface area contributed by atoms with Crippen LogP contribution in [0.25, 0.3) is 11.0 Å². The number of aryl methyl sites for hydroxylation is 2. The first-order chi connectivity index (χ1) is 13.0.